The lowest BCUT2D eigenvalue weighted by Gasteiger charge is -2.06. The number of nitrogen functional groups attached to an aromatic ring is 1. The molecule has 0 bridgehead atoms. The fraction of sp³-hybridized carbons (Fsp3) is 0.182. The minimum Gasteiger partial charge on any atom is -0.443 e. The number of ether oxygens (including phenoxy) is 1. The molecule has 1 aromatic carbocycles. The first-order valence-electron chi connectivity index (χ1n) is 5.23. The van der Waals surface area contributed by atoms with E-state index in [1.807, 2.05) is 0 Å². The number of alkyl halides is 2. The van der Waals surface area contributed by atoms with Gasteiger partial charge in [-0.15, -0.1) is 0 Å². The lowest BCUT2D eigenvalue weighted by molar-refractivity contribution is 0.319. The number of aromatic nitrogens is 2. The molecule has 0 amide bonds. The molecule has 1 heterocycles. The summed E-state index contributed by atoms with van der Waals surface area (Å²) >= 11 is 20.2. The number of benzene rings is 1. The molecule has 0 saturated carbocycles. The molecule has 0 unspecified atom stereocenters. The third kappa shape index (κ3) is 2.98. The third-order valence-electron chi connectivity index (χ3n) is 2.48. The largest absolute Gasteiger partial charge is 0.443 e. The van der Waals surface area contributed by atoms with E-state index in [9.17, 15) is 4.39 Å². The SMILES string of the molecule is Cn1nc(-c2cc(N)c(Cl)cc2F)c(Br)c1OC(Cl)Cl. The quantitative estimate of drug-likeness (QED) is 0.612. The molecule has 2 rings (SSSR count). The molecule has 9 heteroatoms. The Bertz CT molecular complexity index is 663. The van der Waals surface area contributed by atoms with E-state index in [0.29, 0.717) is 10.2 Å². The van der Waals surface area contributed by atoms with Gasteiger partial charge >= 0.3 is 0 Å². The first kappa shape index (κ1) is 15.7. The summed E-state index contributed by atoms with van der Waals surface area (Å²) in [5, 5.41) is 3.22. The van der Waals surface area contributed by atoms with Gasteiger partial charge in [-0.3, -0.25) is 0 Å². The van der Waals surface area contributed by atoms with Crippen molar-refractivity contribution in [3.8, 4) is 17.1 Å². The molecule has 0 aliphatic rings. The lowest BCUT2D eigenvalue weighted by atomic mass is 10.1. The molecule has 0 atom stereocenters. The van der Waals surface area contributed by atoms with E-state index in [0.717, 1.165) is 6.07 Å². The minimum atomic E-state index is -1.07. The van der Waals surface area contributed by atoms with Crippen LogP contribution >= 0.6 is 50.7 Å². The Hall–Kier alpha value is -0.690. The summed E-state index contributed by atoms with van der Waals surface area (Å²) in [6.07, 6.45) is 0. The van der Waals surface area contributed by atoms with Gasteiger partial charge in [-0.2, -0.15) is 5.10 Å². The molecule has 0 spiro atoms. The molecule has 2 aromatic rings. The number of hydrogen-bond donors (Lipinski definition) is 1. The van der Waals surface area contributed by atoms with Gasteiger partial charge in [-0.05, 0) is 28.1 Å². The normalized spacial score (nSPS) is 11.2. The fourth-order valence-electron chi connectivity index (χ4n) is 1.61. The Balaban J connectivity index is 2.57. The summed E-state index contributed by atoms with van der Waals surface area (Å²) in [6, 6.07) is 2.52. The number of rotatable bonds is 3. The van der Waals surface area contributed by atoms with Crippen molar-refractivity contribution in [2.24, 2.45) is 7.05 Å². The van der Waals surface area contributed by atoms with Gasteiger partial charge in [0, 0.05) is 12.6 Å². The highest BCUT2D eigenvalue weighted by atomic mass is 79.9. The summed E-state index contributed by atoms with van der Waals surface area (Å²) in [4.78, 5) is 0. The Morgan fingerprint density at radius 3 is 2.70 bits per heavy atom. The van der Waals surface area contributed by atoms with E-state index in [2.05, 4.69) is 21.0 Å². The molecule has 108 valence electrons. The van der Waals surface area contributed by atoms with Gasteiger partial charge in [0.2, 0.25) is 10.9 Å². The molecule has 0 radical (unpaired) electrons. The lowest BCUT2D eigenvalue weighted by Crippen LogP contribution is -2.04. The van der Waals surface area contributed by atoms with Crippen LogP contribution in [-0.2, 0) is 7.05 Å². The maximum absolute atomic E-state index is 14.0. The van der Waals surface area contributed by atoms with Crippen LogP contribution in [0.4, 0.5) is 10.1 Å². The molecule has 4 nitrogen and oxygen atoms in total. The first-order valence-corrected chi connectivity index (χ1v) is 7.27. The Morgan fingerprint density at radius 1 is 1.45 bits per heavy atom. The van der Waals surface area contributed by atoms with Crippen molar-refractivity contribution in [3.05, 3.63) is 27.4 Å². The highest BCUT2D eigenvalue weighted by Gasteiger charge is 2.21. The van der Waals surface area contributed by atoms with Crippen LogP contribution in [0.15, 0.2) is 16.6 Å². The van der Waals surface area contributed by atoms with Gasteiger partial charge in [0.1, 0.15) is 16.0 Å². The second kappa shape index (κ2) is 5.97. The zero-order valence-corrected chi connectivity index (χ0v) is 13.9. The van der Waals surface area contributed by atoms with Crippen molar-refractivity contribution in [2.75, 3.05) is 5.73 Å². The predicted octanol–water partition coefficient (Wildman–Crippen LogP) is 4.36. The highest BCUT2D eigenvalue weighted by molar-refractivity contribution is 9.10. The summed E-state index contributed by atoms with van der Waals surface area (Å²) in [7, 11) is 1.61. The van der Waals surface area contributed by atoms with Crippen LogP contribution in [-0.4, -0.2) is 14.8 Å². The zero-order chi connectivity index (χ0) is 15.0. The molecule has 0 aliphatic carbocycles. The van der Waals surface area contributed by atoms with Crippen LogP contribution < -0.4 is 10.5 Å². The van der Waals surface area contributed by atoms with Crippen molar-refractivity contribution in [1.82, 2.24) is 9.78 Å². The standard InChI is InChI=1S/C11H8BrCl3FN3O/c1-19-10(20-11(14)15)8(12)9(18-19)4-2-7(17)5(13)3-6(4)16/h2-3,11H,17H2,1H3. The van der Waals surface area contributed by atoms with Crippen molar-refractivity contribution in [3.63, 3.8) is 0 Å². The monoisotopic (exact) mass is 401 g/mol. The molecular formula is C11H8BrCl3FN3O. The number of hydrogen-bond acceptors (Lipinski definition) is 3. The van der Waals surface area contributed by atoms with Crippen LogP contribution in [0.25, 0.3) is 11.3 Å². The van der Waals surface area contributed by atoms with Gasteiger partial charge in [0.05, 0.1) is 10.7 Å². The van der Waals surface area contributed by atoms with Gasteiger partial charge in [-0.1, -0.05) is 34.8 Å². The molecule has 0 aliphatic heterocycles. The molecule has 1 aromatic heterocycles. The van der Waals surface area contributed by atoms with E-state index in [4.69, 9.17) is 45.3 Å². The van der Waals surface area contributed by atoms with Crippen LogP contribution in [0.3, 0.4) is 0 Å². The second-order valence-corrected chi connectivity index (χ2v) is 6.04. The molecule has 20 heavy (non-hydrogen) atoms. The molecule has 2 N–H and O–H groups in total. The fourth-order valence-corrected chi connectivity index (χ4v) is 2.58. The molecular weight excluding hydrogens is 395 g/mol. The van der Waals surface area contributed by atoms with Crippen molar-refractivity contribution in [1.29, 1.82) is 0 Å². The minimum absolute atomic E-state index is 0.136. The first-order chi connectivity index (χ1) is 9.31. The van der Waals surface area contributed by atoms with E-state index in [1.165, 1.54) is 10.7 Å². The highest BCUT2D eigenvalue weighted by Crippen LogP contribution is 2.38. The van der Waals surface area contributed by atoms with Crippen LogP contribution in [0, 0.1) is 5.82 Å². The van der Waals surface area contributed by atoms with E-state index in [-0.39, 0.29) is 22.2 Å². The Kier molecular flexibility index (Phi) is 4.69. The smallest absolute Gasteiger partial charge is 0.249 e. The summed E-state index contributed by atoms with van der Waals surface area (Å²) in [5.74, 6) is -0.286. The Labute approximate surface area is 137 Å². The third-order valence-corrected chi connectivity index (χ3v) is 3.70. The zero-order valence-electron chi connectivity index (χ0n) is 10.0. The van der Waals surface area contributed by atoms with E-state index < -0.39 is 10.8 Å². The topological polar surface area (TPSA) is 53.1 Å². The summed E-state index contributed by atoms with van der Waals surface area (Å²) in [6.45, 7) is 0. The van der Waals surface area contributed by atoms with Crippen molar-refractivity contribution < 1.29 is 9.13 Å². The maximum atomic E-state index is 14.0. The van der Waals surface area contributed by atoms with Crippen LogP contribution in [0.2, 0.25) is 5.02 Å². The van der Waals surface area contributed by atoms with Crippen molar-refractivity contribution >= 4 is 56.4 Å². The number of aryl methyl sites for hydroxylation is 1. The van der Waals surface area contributed by atoms with Crippen LogP contribution in [0.5, 0.6) is 5.88 Å². The molecule has 0 saturated heterocycles. The average molecular weight is 403 g/mol. The van der Waals surface area contributed by atoms with Gasteiger partial charge in [-0.25, -0.2) is 9.07 Å². The van der Waals surface area contributed by atoms with Gasteiger partial charge in [0.15, 0.2) is 0 Å². The van der Waals surface area contributed by atoms with Gasteiger partial charge in [0.25, 0.3) is 0 Å². The number of halogens is 5. The maximum Gasteiger partial charge on any atom is 0.249 e. The van der Waals surface area contributed by atoms with Gasteiger partial charge < -0.3 is 10.5 Å². The van der Waals surface area contributed by atoms with Crippen molar-refractivity contribution in [2.45, 2.75) is 5.02 Å². The predicted molar refractivity (Wildman–Crippen MR) is 81.8 cm³/mol. The number of anilines is 1. The summed E-state index contributed by atoms with van der Waals surface area (Å²) < 4.78 is 21.0. The number of nitrogens with zero attached hydrogens (tertiary/aromatic N) is 2. The average Bonchev–Trinajstić information content (AvgIpc) is 2.61. The summed E-state index contributed by atoms with van der Waals surface area (Å²) in [5.41, 5.74) is 6.41. The number of nitrogens with two attached hydrogens (primary N) is 1. The van der Waals surface area contributed by atoms with E-state index >= 15 is 0 Å². The van der Waals surface area contributed by atoms with Crippen LogP contribution in [0.1, 0.15) is 0 Å². The second-order valence-electron chi connectivity index (χ2n) is 3.82. The Morgan fingerprint density at radius 2 is 2.10 bits per heavy atom. The van der Waals surface area contributed by atoms with E-state index in [1.54, 1.807) is 7.05 Å². The molecule has 0 fully saturated rings.